The van der Waals surface area contributed by atoms with E-state index in [4.69, 9.17) is 0 Å². The number of carbonyl (C=O) groups excluding carboxylic acids is 1. The molecule has 6 heteroatoms. The van der Waals surface area contributed by atoms with Crippen molar-refractivity contribution in [2.45, 2.75) is 0 Å². The number of hydrogen-bond acceptors (Lipinski definition) is 5. The standard InChI is InChI=1S/C13H9NO4S/c15-12(3-1-9-5-6-19-8-9)11-7-10(14(17)18)2-4-13(11)16/h1-8,16H/b3-1+. The Labute approximate surface area is 112 Å². The van der Waals surface area contributed by atoms with Crippen LogP contribution in [0.1, 0.15) is 15.9 Å². The average molecular weight is 275 g/mol. The third-order valence-corrected chi connectivity index (χ3v) is 3.13. The Hall–Kier alpha value is -2.47. The first-order chi connectivity index (χ1) is 9.08. The van der Waals surface area contributed by atoms with Crippen molar-refractivity contribution in [2.75, 3.05) is 0 Å². The first-order valence-electron chi connectivity index (χ1n) is 5.30. The van der Waals surface area contributed by atoms with Crippen molar-refractivity contribution in [1.82, 2.24) is 0 Å². The van der Waals surface area contributed by atoms with Gasteiger partial charge in [0.15, 0.2) is 5.78 Å². The highest BCUT2D eigenvalue weighted by Gasteiger charge is 2.14. The lowest BCUT2D eigenvalue weighted by Crippen LogP contribution is -1.97. The van der Waals surface area contributed by atoms with E-state index in [1.807, 2.05) is 16.8 Å². The monoisotopic (exact) mass is 275 g/mol. The van der Waals surface area contributed by atoms with Crippen molar-refractivity contribution >= 4 is 28.9 Å². The molecule has 0 spiro atoms. The SMILES string of the molecule is O=C(/C=C/c1ccsc1)c1cc([N+](=O)[O-])ccc1O. The maximum Gasteiger partial charge on any atom is 0.270 e. The number of ketones is 1. The molecule has 0 saturated heterocycles. The second-order valence-electron chi connectivity index (χ2n) is 3.71. The minimum Gasteiger partial charge on any atom is -0.507 e. The Morgan fingerprint density at radius 2 is 2.16 bits per heavy atom. The molecule has 1 N–H and O–H groups in total. The molecule has 0 bridgehead atoms. The Bertz CT molecular complexity index is 647. The van der Waals surface area contributed by atoms with Gasteiger partial charge in [-0.05, 0) is 34.5 Å². The fraction of sp³-hybridized carbons (Fsp3) is 0. The van der Waals surface area contributed by atoms with E-state index in [0.29, 0.717) is 0 Å². The lowest BCUT2D eigenvalue weighted by Gasteiger charge is -2.00. The van der Waals surface area contributed by atoms with E-state index in [2.05, 4.69) is 0 Å². The Balaban J connectivity index is 2.28. The molecule has 0 atom stereocenters. The summed E-state index contributed by atoms with van der Waals surface area (Å²) >= 11 is 1.50. The van der Waals surface area contributed by atoms with E-state index in [1.165, 1.54) is 17.4 Å². The molecule has 2 rings (SSSR count). The highest BCUT2D eigenvalue weighted by Crippen LogP contribution is 2.24. The summed E-state index contributed by atoms with van der Waals surface area (Å²) in [6, 6.07) is 5.19. The third-order valence-electron chi connectivity index (χ3n) is 2.43. The van der Waals surface area contributed by atoms with E-state index in [-0.39, 0.29) is 17.0 Å². The number of rotatable bonds is 4. The van der Waals surface area contributed by atoms with E-state index in [0.717, 1.165) is 23.8 Å². The maximum absolute atomic E-state index is 11.9. The zero-order chi connectivity index (χ0) is 13.8. The van der Waals surface area contributed by atoms with Crippen molar-refractivity contribution < 1.29 is 14.8 Å². The second-order valence-corrected chi connectivity index (χ2v) is 4.49. The van der Waals surface area contributed by atoms with Gasteiger partial charge in [-0.3, -0.25) is 14.9 Å². The van der Waals surface area contributed by atoms with Crippen LogP contribution < -0.4 is 0 Å². The molecule has 5 nitrogen and oxygen atoms in total. The topological polar surface area (TPSA) is 80.4 Å². The smallest absolute Gasteiger partial charge is 0.270 e. The summed E-state index contributed by atoms with van der Waals surface area (Å²) in [7, 11) is 0. The minimum atomic E-state index is -0.612. The zero-order valence-corrected chi connectivity index (χ0v) is 10.5. The van der Waals surface area contributed by atoms with Crippen LogP contribution in [0.25, 0.3) is 6.08 Å². The average Bonchev–Trinajstić information content (AvgIpc) is 2.89. The molecule has 0 aliphatic heterocycles. The molecule has 0 amide bonds. The van der Waals surface area contributed by atoms with Gasteiger partial charge < -0.3 is 5.11 Å². The van der Waals surface area contributed by atoms with Gasteiger partial charge in [-0.25, -0.2) is 0 Å². The lowest BCUT2D eigenvalue weighted by molar-refractivity contribution is -0.384. The van der Waals surface area contributed by atoms with Crippen LogP contribution in [-0.2, 0) is 0 Å². The number of nitro groups is 1. The van der Waals surface area contributed by atoms with E-state index >= 15 is 0 Å². The van der Waals surface area contributed by atoms with Gasteiger partial charge in [-0.15, -0.1) is 0 Å². The quantitative estimate of drug-likeness (QED) is 0.402. The first-order valence-corrected chi connectivity index (χ1v) is 6.24. The number of phenols is 1. The van der Waals surface area contributed by atoms with Crippen molar-refractivity contribution in [3.8, 4) is 5.75 Å². The van der Waals surface area contributed by atoms with Crippen molar-refractivity contribution in [3.63, 3.8) is 0 Å². The van der Waals surface area contributed by atoms with Crippen LogP contribution in [0, 0.1) is 10.1 Å². The van der Waals surface area contributed by atoms with Crippen LogP contribution in [0.5, 0.6) is 5.75 Å². The second kappa shape index (κ2) is 5.45. The fourth-order valence-corrected chi connectivity index (χ4v) is 2.10. The number of nitro benzene ring substituents is 1. The molecule has 2 aromatic rings. The summed E-state index contributed by atoms with van der Waals surface area (Å²) in [5.74, 6) is -0.752. The van der Waals surface area contributed by atoms with Crippen LogP contribution in [0.3, 0.4) is 0 Å². The molecule has 0 fully saturated rings. The van der Waals surface area contributed by atoms with Gasteiger partial charge in [-0.2, -0.15) is 11.3 Å². The number of non-ortho nitro benzene ring substituents is 1. The van der Waals surface area contributed by atoms with Gasteiger partial charge in [0, 0.05) is 12.1 Å². The number of benzene rings is 1. The lowest BCUT2D eigenvalue weighted by atomic mass is 10.1. The maximum atomic E-state index is 11.9. The van der Waals surface area contributed by atoms with Gasteiger partial charge in [-0.1, -0.05) is 6.08 Å². The van der Waals surface area contributed by atoms with Crippen LogP contribution >= 0.6 is 11.3 Å². The number of nitrogens with zero attached hydrogens (tertiary/aromatic N) is 1. The fourth-order valence-electron chi connectivity index (χ4n) is 1.47. The van der Waals surface area contributed by atoms with Crippen LogP contribution in [0.2, 0.25) is 0 Å². The van der Waals surface area contributed by atoms with Gasteiger partial charge in [0.25, 0.3) is 5.69 Å². The predicted molar refractivity (Wildman–Crippen MR) is 72.4 cm³/mol. The van der Waals surface area contributed by atoms with Crippen molar-refractivity contribution in [1.29, 1.82) is 0 Å². The Morgan fingerprint density at radius 1 is 1.37 bits per heavy atom. The number of carbonyl (C=O) groups is 1. The molecular weight excluding hydrogens is 266 g/mol. The molecule has 1 aromatic heterocycles. The molecule has 0 radical (unpaired) electrons. The summed E-state index contributed by atoms with van der Waals surface area (Å²) in [5.41, 5.74) is 0.550. The largest absolute Gasteiger partial charge is 0.507 e. The number of thiophene rings is 1. The third kappa shape index (κ3) is 3.05. The number of hydrogen-bond donors (Lipinski definition) is 1. The summed E-state index contributed by atoms with van der Waals surface area (Å²) in [5, 5.41) is 23.9. The molecule has 0 aliphatic rings. The predicted octanol–water partition coefficient (Wildman–Crippen LogP) is 3.26. The van der Waals surface area contributed by atoms with Gasteiger partial charge in [0.1, 0.15) is 5.75 Å². The molecule has 96 valence electrons. The molecule has 0 aliphatic carbocycles. The number of aromatic hydroxyl groups is 1. The van der Waals surface area contributed by atoms with Crippen molar-refractivity contribution in [2.24, 2.45) is 0 Å². The number of phenolic OH excluding ortho intramolecular Hbond substituents is 1. The Kier molecular flexibility index (Phi) is 3.72. The zero-order valence-electron chi connectivity index (χ0n) is 9.65. The van der Waals surface area contributed by atoms with Gasteiger partial charge >= 0.3 is 0 Å². The van der Waals surface area contributed by atoms with Crippen LogP contribution in [0.15, 0.2) is 41.1 Å². The summed E-state index contributed by atoms with van der Waals surface area (Å²) < 4.78 is 0. The highest BCUT2D eigenvalue weighted by molar-refractivity contribution is 7.08. The number of allylic oxidation sites excluding steroid dienone is 1. The van der Waals surface area contributed by atoms with Gasteiger partial charge in [0.05, 0.1) is 10.5 Å². The normalized spacial score (nSPS) is 10.7. The minimum absolute atomic E-state index is 0.0827. The van der Waals surface area contributed by atoms with E-state index in [9.17, 15) is 20.0 Å². The molecule has 0 saturated carbocycles. The van der Waals surface area contributed by atoms with Crippen molar-refractivity contribution in [3.05, 3.63) is 62.3 Å². The first kappa shape index (κ1) is 13.0. The van der Waals surface area contributed by atoms with Gasteiger partial charge in [0.2, 0.25) is 0 Å². The molecule has 1 heterocycles. The molecule has 0 unspecified atom stereocenters. The van der Waals surface area contributed by atoms with E-state index < -0.39 is 10.7 Å². The summed E-state index contributed by atoms with van der Waals surface area (Å²) in [6.45, 7) is 0. The van der Waals surface area contributed by atoms with Crippen LogP contribution in [-0.4, -0.2) is 15.8 Å². The van der Waals surface area contributed by atoms with Crippen LogP contribution in [0.4, 0.5) is 5.69 Å². The highest BCUT2D eigenvalue weighted by atomic mass is 32.1. The summed E-state index contributed by atoms with van der Waals surface area (Å²) in [6.07, 6.45) is 2.87. The van der Waals surface area contributed by atoms with E-state index in [1.54, 1.807) is 6.08 Å². The molecule has 19 heavy (non-hydrogen) atoms. The Morgan fingerprint density at radius 3 is 2.79 bits per heavy atom. The molecule has 1 aromatic carbocycles. The molecular formula is C13H9NO4S. The summed E-state index contributed by atoms with van der Waals surface area (Å²) in [4.78, 5) is 21.9.